The molecule has 0 spiro atoms. The number of hydrogen-bond donors (Lipinski definition) is 2. The van der Waals surface area contributed by atoms with Crippen molar-refractivity contribution < 1.29 is 29.0 Å². The average molecular weight is 435 g/mol. The van der Waals surface area contributed by atoms with Gasteiger partial charge in [-0.25, -0.2) is 14.5 Å². The van der Waals surface area contributed by atoms with E-state index in [1.54, 1.807) is 0 Å². The summed E-state index contributed by atoms with van der Waals surface area (Å²) in [6.45, 7) is 0. The SMILES string of the molecule is COC(=O)c1ccc(N2C(=O)NC(=O)/C(=C/c3cc(Cl)c(O)c(Cl)c3)C2=O)cc1. The van der Waals surface area contributed by atoms with Crippen LogP contribution in [0.4, 0.5) is 10.5 Å². The molecule has 4 amide bonds. The van der Waals surface area contributed by atoms with E-state index in [0.717, 1.165) is 4.90 Å². The summed E-state index contributed by atoms with van der Waals surface area (Å²) in [5.41, 5.74) is 0.285. The lowest BCUT2D eigenvalue weighted by Crippen LogP contribution is -2.54. The number of hydrogen-bond acceptors (Lipinski definition) is 6. The molecular weight excluding hydrogens is 423 g/mol. The lowest BCUT2D eigenvalue weighted by Gasteiger charge is -2.26. The third-order valence-corrected chi connectivity index (χ3v) is 4.57. The van der Waals surface area contributed by atoms with Crippen LogP contribution in [0.5, 0.6) is 5.75 Å². The molecule has 0 unspecified atom stereocenters. The summed E-state index contributed by atoms with van der Waals surface area (Å²) in [5, 5.41) is 11.6. The minimum atomic E-state index is -0.940. The summed E-state index contributed by atoms with van der Waals surface area (Å²) in [4.78, 5) is 49.5. The molecular formula is C19H12Cl2N2O6. The summed E-state index contributed by atoms with van der Waals surface area (Å²) < 4.78 is 4.60. The molecule has 2 N–H and O–H groups in total. The minimum absolute atomic E-state index is 0.0700. The number of anilines is 1. The number of nitrogens with zero attached hydrogens (tertiary/aromatic N) is 1. The quantitative estimate of drug-likeness (QED) is 0.435. The normalized spacial score (nSPS) is 15.5. The van der Waals surface area contributed by atoms with Crippen LogP contribution >= 0.6 is 23.2 Å². The highest BCUT2D eigenvalue weighted by atomic mass is 35.5. The molecule has 2 aromatic rings. The number of urea groups is 1. The number of carbonyl (C=O) groups is 4. The first-order chi connectivity index (χ1) is 13.7. The molecule has 1 aliphatic rings. The van der Waals surface area contributed by atoms with Crippen molar-refractivity contribution >= 4 is 58.8 Å². The highest BCUT2D eigenvalue weighted by molar-refractivity contribution is 6.40. The van der Waals surface area contributed by atoms with Gasteiger partial charge in [-0.05, 0) is 48.0 Å². The Labute approximate surface area is 174 Å². The number of nitrogens with one attached hydrogen (secondary N) is 1. The molecule has 1 saturated heterocycles. The van der Waals surface area contributed by atoms with Crippen molar-refractivity contribution in [3.8, 4) is 5.75 Å². The second-order valence-corrected chi connectivity index (χ2v) is 6.64. The zero-order valence-electron chi connectivity index (χ0n) is 14.7. The molecule has 0 saturated carbocycles. The van der Waals surface area contributed by atoms with E-state index in [1.165, 1.54) is 49.6 Å². The molecule has 148 valence electrons. The van der Waals surface area contributed by atoms with Crippen LogP contribution in [0.15, 0.2) is 42.0 Å². The predicted molar refractivity (Wildman–Crippen MR) is 105 cm³/mol. The van der Waals surface area contributed by atoms with Gasteiger partial charge in [-0.1, -0.05) is 23.2 Å². The number of phenols is 1. The molecule has 3 rings (SSSR count). The standard InChI is InChI=1S/C19H12Cl2N2O6/c1-29-18(27)10-2-4-11(5-3-10)23-17(26)12(16(25)22-19(23)28)6-9-7-13(20)15(24)14(21)8-9/h2-8,24H,1H3,(H,22,25,28)/b12-6-. The number of carbonyl (C=O) groups excluding carboxylic acids is 4. The van der Waals surface area contributed by atoms with Crippen molar-refractivity contribution in [2.45, 2.75) is 0 Å². The smallest absolute Gasteiger partial charge is 0.337 e. The fraction of sp³-hybridized carbons (Fsp3) is 0.0526. The molecule has 0 radical (unpaired) electrons. The Morgan fingerprint density at radius 3 is 2.24 bits per heavy atom. The fourth-order valence-corrected chi connectivity index (χ4v) is 3.10. The number of barbiturate groups is 1. The Bertz CT molecular complexity index is 1060. The van der Waals surface area contributed by atoms with E-state index in [4.69, 9.17) is 23.2 Å². The van der Waals surface area contributed by atoms with Crippen molar-refractivity contribution in [1.29, 1.82) is 0 Å². The molecule has 8 nitrogen and oxygen atoms in total. The van der Waals surface area contributed by atoms with E-state index in [0.29, 0.717) is 0 Å². The van der Waals surface area contributed by atoms with E-state index < -0.39 is 23.8 Å². The van der Waals surface area contributed by atoms with Gasteiger partial charge < -0.3 is 9.84 Å². The Kier molecular flexibility index (Phi) is 5.58. The highest BCUT2D eigenvalue weighted by Crippen LogP contribution is 2.33. The number of benzene rings is 2. The van der Waals surface area contributed by atoms with Gasteiger partial charge in [-0.2, -0.15) is 0 Å². The van der Waals surface area contributed by atoms with Crippen molar-refractivity contribution in [3.05, 3.63) is 63.1 Å². The Morgan fingerprint density at radius 1 is 1.10 bits per heavy atom. The Morgan fingerprint density at radius 2 is 1.69 bits per heavy atom. The van der Waals surface area contributed by atoms with Crippen LogP contribution in [-0.2, 0) is 14.3 Å². The number of halogens is 2. The number of methoxy groups -OCH3 is 1. The second kappa shape index (κ2) is 7.94. The van der Waals surface area contributed by atoms with Gasteiger partial charge in [0, 0.05) is 0 Å². The molecule has 0 aliphatic carbocycles. The summed E-state index contributed by atoms with van der Waals surface area (Å²) in [5.74, 6) is -2.70. The van der Waals surface area contributed by atoms with Gasteiger partial charge in [0.25, 0.3) is 11.8 Å². The Hall–Kier alpha value is -3.36. The number of esters is 1. The van der Waals surface area contributed by atoms with Crippen LogP contribution < -0.4 is 10.2 Å². The third kappa shape index (κ3) is 3.94. The summed E-state index contributed by atoms with van der Waals surface area (Å²) in [7, 11) is 1.22. The van der Waals surface area contributed by atoms with Gasteiger partial charge in [0.2, 0.25) is 0 Å². The maximum Gasteiger partial charge on any atom is 0.337 e. The lowest BCUT2D eigenvalue weighted by atomic mass is 10.1. The van der Waals surface area contributed by atoms with Crippen molar-refractivity contribution in [2.75, 3.05) is 12.0 Å². The number of phenolic OH excluding ortho intramolecular Hbond substituents is 1. The molecule has 10 heteroatoms. The number of amides is 4. The van der Waals surface area contributed by atoms with Crippen LogP contribution in [0.3, 0.4) is 0 Å². The van der Waals surface area contributed by atoms with Gasteiger partial charge in [-0.3, -0.25) is 14.9 Å². The Balaban J connectivity index is 1.99. The monoisotopic (exact) mass is 434 g/mol. The predicted octanol–water partition coefficient (Wildman–Crippen LogP) is 3.15. The first-order valence-corrected chi connectivity index (χ1v) is 8.76. The van der Waals surface area contributed by atoms with E-state index in [1.807, 2.05) is 0 Å². The molecule has 1 fully saturated rings. The van der Waals surface area contributed by atoms with Gasteiger partial charge in [0.05, 0.1) is 28.4 Å². The van der Waals surface area contributed by atoms with Crippen LogP contribution in [0.2, 0.25) is 10.0 Å². The van der Waals surface area contributed by atoms with E-state index in [9.17, 15) is 24.3 Å². The fourth-order valence-electron chi connectivity index (χ4n) is 2.59. The second-order valence-electron chi connectivity index (χ2n) is 5.83. The highest BCUT2D eigenvalue weighted by Gasteiger charge is 2.36. The van der Waals surface area contributed by atoms with Gasteiger partial charge in [0.15, 0.2) is 5.75 Å². The minimum Gasteiger partial charge on any atom is -0.505 e. The molecule has 0 aromatic heterocycles. The summed E-state index contributed by atoms with van der Waals surface area (Å²) in [6.07, 6.45) is 1.19. The summed E-state index contributed by atoms with van der Waals surface area (Å²) in [6, 6.07) is 7.16. The molecule has 1 aliphatic heterocycles. The number of rotatable bonds is 3. The molecule has 0 atom stereocenters. The third-order valence-electron chi connectivity index (χ3n) is 4.00. The van der Waals surface area contributed by atoms with Crippen LogP contribution in [-0.4, -0.2) is 36.0 Å². The van der Waals surface area contributed by atoms with Crippen LogP contribution in [0.25, 0.3) is 6.08 Å². The zero-order chi connectivity index (χ0) is 21.3. The molecule has 1 heterocycles. The first kappa shape index (κ1) is 20.4. The van der Waals surface area contributed by atoms with E-state index in [2.05, 4.69) is 10.1 Å². The van der Waals surface area contributed by atoms with Crippen LogP contribution in [0, 0.1) is 0 Å². The first-order valence-electron chi connectivity index (χ1n) is 8.00. The molecule has 2 aromatic carbocycles. The van der Waals surface area contributed by atoms with E-state index in [-0.39, 0.29) is 38.2 Å². The van der Waals surface area contributed by atoms with E-state index >= 15 is 0 Å². The van der Waals surface area contributed by atoms with Gasteiger partial charge >= 0.3 is 12.0 Å². The topological polar surface area (TPSA) is 113 Å². The molecule has 29 heavy (non-hydrogen) atoms. The maximum atomic E-state index is 12.8. The van der Waals surface area contributed by atoms with Crippen molar-refractivity contribution in [1.82, 2.24) is 5.32 Å². The zero-order valence-corrected chi connectivity index (χ0v) is 16.2. The summed E-state index contributed by atoms with van der Waals surface area (Å²) >= 11 is 11.7. The largest absolute Gasteiger partial charge is 0.505 e. The van der Waals surface area contributed by atoms with Crippen LogP contribution in [0.1, 0.15) is 15.9 Å². The maximum absolute atomic E-state index is 12.8. The molecule has 0 bridgehead atoms. The lowest BCUT2D eigenvalue weighted by molar-refractivity contribution is -0.122. The van der Waals surface area contributed by atoms with Gasteiger partial charge in [-0.15, -0.1) is 0 Å². The van der Waals surface area contributed by atoms with Gasteiger partial charge in [0.1, 0.15) is 5.57 Å². The van der Waals surface area contributed by atoms with Crippen molar-refractivity contribution in [3.63, 3.8) is 0 Å². The number of aromatic hydroxyl groups is 1. The average Bonchev–Trinajstić information content (AvgIpc) is 2.69. The number of imide groups is 2. The number of ether oxygens (including phenoxy) is 1. The van der Waals surface area contributed by atoms with Crippen molar-refractivity contribution in [2.24, 2.45) is 0 Å².